The number of rotatable bonds is 7. The molecule has 0 heterocycles. The molecule has 0 amide bonds. The van der Waals surface area contributed by atoms with Crippen LogP contribution in [0, 0.1) is 0 Å². The molecule has 120 valence electrons. The molecule has 0 radical (unpaired) electrons. The van der Waals surface area contributed by atoms with Gasteiger partial charge in [-0.15, -0.1) is 0 Å². The Hall–Kier alpha value is -2.70. The monoisotopic (exact) mass is 310 g/mol. The summed E-state index contributed by atoms with van der Waals surface area (Å²) in [5.41, 5.74) is -0.00671. The highest BCUT2D eigenvalue weighted by Gasteiger charge is 2.24. The van der Waals surface area contributed by atoms with Gasteiger partial charge in [-0.05, 0) is 24.6 Å². The van der Waals surface area contributed by atoms with Gasteiger partial charge in [0, 0.05) is 0 Å². The minimum atomic E-state index is -1.06. The predicted octanol–water partition coefficient (Wildman–Crippen LogP) is 1.74. The molecule has 1 aromatic rings. The van der Waals surface area contributed by atoms with Crippen molar-refractivity contribution in [3.63, 3.8) is 0 Å². The molecule has 0 atom stereocenters. The van der Waals surface area contributed by atoms with Crippen molar-refractivity contribution in [2.45, 2.75) is 6.92 Å². The topological polar surface area (TPSA) is 91.3 Å². The van der Waals surface area contributed by atoms with Crippen LogP contribution in [0.5, 0.6) is 17.2 Å². The zero-order valence-corrected chi connectivity index (χ0v) is 12.8. The second-order valence-electron chi connectivity index (χ2n) is 4.01. The molecule has 0 saturated carbocycles. The predicted molar refractivity (Wildman–Crippen MR) is 78.3 cm³/mol. The van der Waals surface area contributed by atoms with Gasteiger partial charge in [0.15, 0.2) is 11.5 Å². The van der Waals surface area contributed by atoms with Crippen molar-refractivity contribution in [1.29, 1.82) is 0 Å². The Kier molecular flexibility index (Phi) is 6.25. The van der Waals surface area contributed by atoms with Crippen LogP contribution in [-0.4, -0.2) is 44.8 Å². The standard InChI is InChI=1S/C15H18O7/c1-5-22-15(18)13(17)10(8-16)9-6-11(19-2)14(21-4)12(7-9)20-3/h6-8,16H,5H2,1-4H3. The minimum Gasteiger partial charge on any atom is -0.515 e. The molecule has 7 heteroatoms. The Balaban J connectivity index is 3.35. The summed E-state index contributed by atoms with van der Waals surface area (Å²) < 4.78 is 20.1. The highest BCUT2D eigenvalue weighted by molar-refractivity contribution is 6.51. The van der Waals surface area contributed by atoms with Gasteiger partial charge < -0.3 is 24.1 Å². The lowest BCUT2D eigenvalue weighted by Gasteiger charge is -2.14. The smallest absolute Gasteiger partial charge is 0.379 e. The summed E-state index contributed by atoms with van der Waals surface area (Å²) in [7, 11) is 4.26. The van der Waals surface area contributed by atoms with Gasteiger partial charge in [0.25, 0.3) is 5.78 Å². The number of carbonyl (C=O) groups is 2. The summed E-state index contributed by atoms with van der Waals surface area (Å²) >= 11 is 0. The van der Waals surface area contributed by atoms with Gasteiger partial charge in [-0.3, -0.25) is 4.79 Å². The van der Waals surface area contributed by atoms with Crippen LogP contribution in [0.25, 0.3) is 5.57 Å². The van der Waals surface area contributed by atoms with Gasteiger partial charge in [0.05, 0.1) is 39.8 Å². The number of Topliss-reactive ketones (excluding diaryl/α,β-unsaturated/α-hetero) is 1. The van der Waals surface area contributed by atoms with Crippen molar-refractivity contribution in [2.24, 2.45) is 0 Å². The van der Waals surface area contributed by atoms with Crippen LogP contribution in [0.1, 0.15) is 12.5 Å². The number of ketones is 1. The molecule has 1 rings (SSSR count). The normalized spacial score (nSPS) is 10.8. The molecule has 0 aliphatic rings. The highest BCUT2D eigenvalue weighted by Crippen LogP contribution is 2.40. The summed E-state index contributed by atoms with van der Waals surface area (Å²) in [4.78, 5) is 23.5. The third-order valence-corrected chi connectivity index (χ3v) is 2.81. The second kappa shape index (κ2) is 7.92. The molecule has 0 aliphatic heterocycles. The fourth-order valence-corrected chi connectivity index (χ4v) is 1.81. The molecule has 0 aliphatic carbocycles. The lowest BCUT2D eigenvalue weighted by atomic mass is 10.0. The molecule has 7 nitrogen and oxygen atoms in total. The van der Waals surface area contributed by atoms with E-state index in [-0.39, 0.29) is 29.2 Å². The number of ether oxygens (including phenoxy) is 4. The average Bonchev–Trinajstić information content (AvgIpc) is 2.54. The highest BCUT2D eigenvalue weighted by atomic mass is 16.5. The van der Waals surface area contributed by atoms with Crippen LogP contribution in [0.2, 0.25) is 0 Å². The molecule has 1 N–H and O–H groups in total. The van der Waals surface area contributed by atoms with Crippen molar-refractivity contribution in [3.05, 3.63) is 24.0 Å². The number of carbonyl (C=O) groups excluding carboxylic acids is 2. The first-order valence-corrected chi connectivity index (χ1v) is 6.40. The van der Waals surface area contributed by atoms with Gasteiger partial charge >= 0.3 is 5.97 Å². The molecule has 22 heavy (non-hydrogen) atoms. The quantitative estimate of drug-likeness (QED) is 0.355. The molecule has 1 aromatic carbocycles. The van der Waals surface area contributed by atoms with Gasteiger partial charge in [-0.2, -0.15) is 0 Å². The number of aliphatic hydroxyl groups is 1. The van der Waals surface area contributed by atoms with Gasteiger partial charge in [-0.25, -0.2) is 4.79 Å². The maximum absolute atomic E-state index is 12.0. The SMILES string of the molecule is CCOC(=O)C(=O)C(=CO)c1cc(OC)c(OC)c(OC)c1. The Morgan fingerprint density at radius 3 is 2.00 bits per heavy atom. The molecule has 0 fully saturated rings. The van der Waals surface area contributed by atoms with E-state index in [0.717, 1.165) is 0 Å². The lowest BCUT2D eigenvalue weighted by Crippen LogP contribution is -2.19. The van der Waals surface area contributed by atoms with Gasteiger partial charge in [-0.1, -0.05) is 0 Å². The number of hydrogen-bond acceptors (Lipinski definition) is 7. The van der Waals surface area contributed by atoms with Crippen molar-refractivity contribution in [1.82, 2.24) is 0 Å². The second-order valence-corrected chi connectivity index (χ2v) is 4.01. The minimum absolute atomic E-state index is 0.0541. The van der Waals surface area contributed by atoms with E-state index in [9.17, 15) is 14.7 Å². The van der Waals surface area contributed by atoms with E-state index in [2.05, 4.69) is 4.74 Å². The van der Waals surface area contributed by atoms with E-state index in [1.165, 1.54) is 33.5 Å². The lowest BCUT2D eigenvalue weighted by molar-refractivity contribution is -0.150. The van der Waals surface area contributed by atoms with E-state index >= 15 is 0 Å². The maximum Gasteiger partial charge on any atom is 0.379 e. The summed E-state index contributed by atoms with van der Waals surface area (Å²) in [6.07, 6.45) is 0.542. The van der Waals surface area contributed by atoms with Crippen LogP contribution in [0.3, 0.4) is 0 Å². The van der Waals surface area contributed by atoms with Gasteiger partial charge in [0.1, 0.15) is 0 Å². The van der Waals surface area contributed by atoms with Gasteiger partial charge in [0.2, 0.25) is 5.75 Å². The van der Waals surface area contributed by atoms with Crippen LogP contribution in [-0.2, 0) is 14.3 Å². The van der Waals surface area contributed by atoms with Crippen LogP contribution < -0.4 is 14.2 Å². The first kappa shape index (κ1) is 17.4. The van der Waals surface area contributed by atoms with Crippen molar-refractivity contribution >= 4 is 17.3 Å². The number of methoxy groups -OCH3 is 3. The zero-order chi connectivity index (χ0) is 16.7. The molecular formula is C15H18O7. The summed E-state index contributed by atoms with van der Waals surface area (Å²) in [6, 6.07) is 2.89. The van der Waals surface area contributed by atoms with Crippen LogP contribution >= 0.6 is 0 Å². The fraction of sp³-hybridized carbons (Fsp3) is 0.333. The first-order valence-electron chi connectivity index (χ1n) is 6.40. The Morgan fingerprint density at radius 1 is 1.09 bits per heavy atom. The molecule has 0 saturated heterocycles. The Morgan fingerprint density at radius 2 is 1.64 bits per heavy atom. The van der Waals surface area contributed by atoms with Crippen LogP contribution in [0.15, 0.2) is 18.4 Å². The van der Waals surface area contributed by atoms with Crippen LogP contribution in [0.4, 0.5) is 0 Å². The maximum atomic E-state index is 12.0. The third kappa shape index (κ3) is 3.49. The van der Waals surface area contributed by atoms with Crippen molar-refractivity contribution in [2.75, 3.05) is 27.9 Å². The molecule has 0 spiro atoms. The van der Waals surface area contributed by atoms with Crippen molar-refractivity contribution in [3.8, 4) is 17.2 Å². The summed E-state index contributed by atoms with van der Waals surface area (Å²) in [6.45, 7) is 1.63. The Bertz CT molecular complexity index is 565. The van der Waals surface area contributed by atoms with E-state index in [0.29, 0.717) is 12.0 Å². The zero-order valence-electron chi connectivity index (χ0n) is 12.8. The largest absolute Gasteiger partial charge is 0.515 e. The third-order valence-electron chi connectivity index (χ3n) is 2.81. The molecule has 0 bridgehead atoms. The van der Waals surface area contributed by atoms with E-state index in [1.807, 2.05) is 0 Å². The van der Waals surface area contributed by atoms with Crippen molar-refractivity contribution < 1.29 is 33.6 Å². The van der Waals surface area contributed by atoms with E-state index < -0.39 is 11.8 Å². The molecule has 0 aromatic heterocycles. The summed E-state index contributed by atoms with van der Waals surface area (Å²) in [5.74, 6) is -1.13. The summed E-state index contributed by atoms with van der Waals surface area (Å²) in [5, 5.41) is 9.32. The fourth-order valence-electron chi connectivity index (χ4n) is 1.81. The Labute approximate surface area is 128 Å². The number of benzene rings is 1. The molecular weight excluding hydrogens is 292 g/mol. The average molecular weight is 310 g/mol. The first-order chi connectivity index (χ1) is 10.5. The van der Waals surface area contributed by atoms with E-state index in [4.69, 9.17) is 14.2 Å². The number of aliphatic hydroxyl groups excluding tert-OH is 1. The molecule has 0 unspecified atom stereocenters. The number of esters is 1. The number of hydrogen-bond donors (Lipinski definition) is 1. The van der Waals surface area contributed by atoms with E-state index in [1.54, 1.807) is 6.92 Å².